The minimum atomic E-state index is 0.682. The van der Waals surface area contributed by atoms with E-state index in [1.54, 1.807) is 12.4 Å². The van der Waals surface area contributed by atoms with Gasteiger partial charge >= 0.3 is 0 Å². The van der Waals surface area contributed by atoms with Crippen LogP contribution in [0, 0.1) is 5.92 Å². The molecule has 94 valence electrons. The number of hydrogen-bond acceptors (Lipinski definition) is 4. The second kappa shape index (κ2) is 6.36. The molecule has 1 aromatic rings. The second-order valence-corrected chi connectivity index (χ2v) is 5.96. The summed E-state index contributed by atoms with van der Waals surface area (Å²) in [5.41, 5.74) is 0. The van der Waals surface area contributed by atoms with Crippen molar-refractivity contribution in [3.05, 3.63) is 18.6 Å². The number of nitrogens with zero attached hydrogens (tertiary/aromatic N) is 2. The molecule has 1 heterocycles. The molecular weight excluding hydrogens is 230 g/mol. The molecule has 1 N–H and O–H groups in total. The zero-order valence-electron chi connectivity index (χ0n) is 10.6. The van der Waals surface area contributed by atoms with Crippen LogP contribution >= 0.6 is 11.8 Å². The lowest BCUT2D eigenvalue weighted by molar-refractivity contribution is 0.431. The summed E-state index contributed by atoms with van der Waals surface area (Å²) in [7, 11) is 0. The van der Waals surface area contributed by atoms with Crippen LogP contribution in [0.25, 0.3) is 0 Å². The van der Waals surface area contributed by atoms with Crippen LogP contribution in [0.5, 0.6) is 0 Å². The van der Waals surface area contributed by atoms with E-state index in [1.165, 1.54) is 19.3 Å². The summed E-state index contributed by atoms with van der Waals surface area (Å²) in [6, 6.07) is 0.684. The Morgan fingerprint density at radius 1 is 1.41 bits per heavy atom. The summed E-state index contributed by atoms with van der Waals surface area (Å²) < 4.78 is 0. The van der Waals surface area contributed by atoms with Crippen molar-refractivity contribution in [2.45, 2.75) is 49.4 Å². The van der Waals surface area contributed by atoms with Gasteiger partial charge in [-0.15, -0.1) is 11.8 Å². The Balaban J connectivity index is 1.87. The molecule has 3 unspecified atom stereocenters. The van der Waals surface area contributed by atoms with Crippen molar-refractivity contribution < 1.29 is 0 Å². The third kappa shape index (κ3) is 3.42. The number of hydrogen-bond donors (Lipinski definition) is 1. The summed E-state index contributed by atoms with van der Waals surface area (Å²) in [6.45, 7) is 5.71. The standard InChI is InChI=1S/C13H21N3S/c1-3-6-15-11-4-5-12(10(11)2)17-13-9-14-7-8-16-13/h7-12,15H,3-6H2,1-2H3. The quantitative estimate of drug-likeness (QED) is 0.873. The molecule has 1 aliphatic rings. The van der Waals surface area contributed by atoms with Crippen molar-refractivity contribution in [3.63, 3.8) is 0 Å². The second-order valence-electron chi connectivity index (χ2n) is 4.70. The minimum absolute atomic E-state index is 0.682. The maximum absolute atomic E-state index is 4.34. The molecule has 0 radical (unpaired) electrons. The normalized spacial score (nSPS) is 28.5. The maximum Gasteiger partial charge on any atom is 0.115 e. The van der Waals surface area contributed by atoms with Crippen molar-refractivity contribution in [2.24, 2.45) is 5.92 Å². The zero-order chi connectivity index (χ0) is 12.1. The largest absolute Gasteiger partial charge is 0.314 e. The van der Waals surface area contributed by atoms with Gasteiger partial charge in [-0.2, -0.15) is 0 Å². The predicted molar refractivity (Wildman–Crippen MR) is 72.2 cm³/mol. The molecule has 4 heteroatoms. The van der Waals surface area contributed by atoms with Gasteiger partial charge in [-0.1, -0.05) is 13.8 Å². The molecule has 0 amide bonds. The van der Waals surface area contributed by atoms with Crippen LogP contribution in [0.3, 0.4) is 0 Å². The van der Waals surface area contributed by atoms with E-state index in [1.807, 2.05) is 18.0 Å². The molecule has 3 nitrogen and oxygen atoms in total. The monoisotopic (exact) mass is 251 g/mol. The fourth-order valence-electron chi connectivity index (χ4n) is 2.41. The molecule has 1 aromatic heterocycles. The van der Waals surface area contributed by atoms with E-state index in [-0.39, 0.29) is 0 Å². The number of nitrogens with one attached hydrogen (secondary N) is 1. The lowest BCUT2D eigenvalue weighted by atomic mass is 10.1. The predicted octanol–water partition coefficient (Wildman–Crippen LogP) is 2.74. The highest BCUT2D eigenvalue weighted by Crippen LogP contribution is 2.37. The highest BCUT2D eigenvalue weighted by atomic mass is 32.2. The van der Waals surface area contributed by atoms with E-state index in [9.17, 15) is 0 Å². The Hall–Kier alpha value is -0.610. The highest BCUT2D eigenvalue weighted by molar-refractivity contribution is 7.99. The molecule has 2 rings (SSSR count). The first-order valence-corrected chi connectivity index (χ1v) is 7.35. The lowest BCUT2D eigenvalue weighted by Gasteiger charge is -2.20. The van der Waals surface area contributed by atoms with Gasteiger partial charge in [0, 0.05) is 23.7 Å². The number of aromatic nitrogens is 2. The Morgan fingerprint density at radius 3 is 3.00 bits per heavy atom. The summed E-state index contributed by atoms with van der Waals surface area (Å²) in [6.07, 6.45) is 9.15. The number of thioether (sulfide) groups is 1. The van der Waals surface area contributed by atoms with Gasteiger partial charge in [-0.3, -0.25) is 4.98 Å². The average Bonchev–Trinajstić information content (AvgIpc) is 2.70. The van der Waals surface area contributed by atoms with Gasteiger partial charge in [0.25, 0.3) is 0 Å². The van der Waals surface area contributed by atoms with Crippen molar-refractivity contribution in [2.75, 3.05) is 6.54 Å². The third-order valence-electron chi connectivity index (χ3n) is 3.45. The van der Waals surface area contributed by atoms with Crippen molar-refractivity contribution in [1.82, 2.24) is 15.3 Å². The smallest absolute Gasteiger partial charge is 0.115 e. The van der Waals surface area contributed by atoms with Crippen LogP contribution in [-0.4, -0.2) is 27.8 Å². The molecule has 0 aliphatic heterocycles. The van der Waals surface area contributed by atoms with Gasteiger partial charge in [0.2, 0.25) is 0 Å². The molecule has 1 aliphatic carbocycles. The zero-order valence-corrected chi connectivity index (χ0v) is 11.4. The van der Waals surface area contributed by atoms with Crippen molar-refractivity contribution in [1.29, 1.82) is 0 Å². The SMILES string of the molecule is CCCNC1CCC(Sc2cnccn2)C1C. The van der Waals surface area contributed by atoms with E-state index >= 15 is 0 Å². The Morgan fingerprint density at radius 2 is 2.29 bits per heavy atom. The van der Waals surface area contributed by atoms with Crippen LogP contribution < -0.4 is 5.32 Å². The highest BCUT2D eigenvalue weighted by Gasteiger charge is 2.33. The lowest BCUT2D eigenvalue weighted by Crippen LogP contribution is -2.33. The van der Waals surface area contributed by atoms with Crippen LogP contribution in [0.1, 0.15) is 33.1 Å². The Labute approximate surface area is 108 Å². The van der Waals surface area contributed by atoms with Gasteiger partial charge in [0.15, 0.2) is 0 Å². The van der Waals surface area contributed by atoms with Crippen molar-refractivity contribution >= 4 is 11.8 Å². The summed E-state index contributed by atoms with van der Waals surface area (Å²) in [5, 5.41) is 5.38. The number of rotatable bonds is 5. The van der Waals surface area contributed by atoms with Gasteiger partial charge in [-0.25, -0.2) is 4.98 Å². The molecule has 0 spiro atoms. The average molecular weight is 251 g/mol. The van der Waals surface area contributed by atoms with E-state index in [4.69, 9.17) is 0 Å². The molecule has 1 saturated carbocycles. The van der Waals surface area contributed by atoms with E-state index in [0.29, 0.717) is 17.2 Å². The molecular formula is C13H21N3S. The molecule has 0 saturated heterocycles. The third-order valence-corrected chi connectivity index (χ3v) is 4.87. The maximum atomic E-state index is 4.34. The van der Waals surface area contributed by atoms with Gasteiger partial charge in [0.05, 0.1) is 6.20 Å². The minimum Gasteiger partial charge on any atom is -0.314 e. The van der Waals surface area contributed by atoms with Crippen LogP contribution in [0.2, 0.25) is 0 Å². The van der Waals surface area contributed by atoms with Gasteiger partial charge in [0.1, 0.15) is 5.03 Å². The molecule has 0 aromatic carbocycles. The molecule has 3 atom stereocenters. The van der Waals surface area contributed by atoms with Crippen LogP contribution in [-0.2, 0) is 0 Å². The summed E-state index contributed by atoms with van der Waals surface area (Å²) in [4.78, 5) is 8.47. The van der Waals surface area contributed by atoms with Crippen LogP contribution in [0.15, 0.2) is 23.6 Å². The molecule has 0 bridgehead atoms. The first-order valence-electron chi connectivity index (χ1n) is 6.47. The fraction of sp³-hybridized carbons (Fsp3) is 0.692. The fourth-order valence-corrected chi connectivity index (χ4v) is 3.63. The van der Waals surface area contributed by atoms with E-state index in [2.05, 4.69) is 29.1 Å². The topological polar surface area (TPSA) is 37.8 Å². The van der Waals surface area contributed by atoms with E-state index in [0.717, 1.165) is 11.6 Å². The van der Waals surface area contributed by atoms with Gasteiger partial charge in [-0.05, 0) is 31.7 Å². The Kier molecular flexibility index (Phi) is 4.80. The van der Waals surface area contributed by atoms with Crippen molar-refractivity contribution in [3.8, 4) is 0 Å². The first kappa shape index (κ1) is 12.8. The summed E-state index contributed by atoms with van der Waals surface area (Å²) in [5.74, 6) is 0.716. The summed E-state index contributed by atoms with van der Waals surface area (Å²) >= 11 is 1.88. The molecule has 17 heavy (non-hydrogen) atoms. The van der Waals surface area contributed by atoms with E-state index < -0.39 is 0 Å². The van der Waals surface area contributed by atoms with Gasteiger partial charge < -0.3 is 5.32 Å². The molecule has 1 fully saturated rings. The van der Waals surface area contributed by atoms with Crippen LogP contribution in [0.4, 0.5) is 0 Å². The Bertz CT molecular complexity index is 331. The first-order chi connectivity index (χ1) is 8.31.